The molecule has 1 saturated heterocycles. The predicted molar refractivity (Wildman–Crippen MR) is 54.0 cm³/mol. The Balaban J connectivity index is 2.73. The lowest BCUT2D eigenvalue weighted by Crippen LogP contribution is -2.68. The van der Waals surface area contributed by atoms with Gasteiger partial charge in [0.25, 0.3) is 0 Å². The van der Waals surface area contributed by atoms with Crippen molar-refractivity contribution in [2.75, 3.05) is 19.8 Å². The zero-order valence-electron chi connectivity index (χ0n) is 9.46. The zero-order chi connectivity index (χ0) is 13.9. The molecule has 0 aromatic carbocycles. The summed E-state index contributed by atoms with van der Waals surface area (Å²) in [6.45, 7) is -1.92. The molecular formula is C9H18O9. The molecule has 1 fully saturated rings. The molecule has 7 N–H and O–H groups in total. The second kappa shape index (κ2) is 6.19. The van der Waals surface area contributed by atoms with Crippen molar-refractivity contribution in [2.24, 2.45) is 0 Å². The lowest BCUT2D eigenvalue weighted by Gasteiger charge is -2.45. The minimum Gasteiger partial charge on any atom is -0.394 e. The van der Waals surface area contributed by atoms with E-state index < -0.39 is 56.3 Å². The van der Waals surface area contributed by atoms with Gasteiger partial charge < -0.3 is 45.2 Å². The van der Waals surface area contributed by atoms with Gasteiger partial charge in [0.15, 0.2) is 0 Å². The first kappa shape index (κ1) is 15.7. The Morgan fingerprint density at radius 3 is 2.33 bits per heavy atom. The van der Waals surface area contributed by atoms with E-state index in [1.54, 1.807) is 0 Å². The molecule has 0 spiro atoms. The second-order valence-electron chi connectivity index (χ2n) is 4.04. The molecule has 0 aromatic heterocycles. The van der Waals surface area contributed by atoms with Crippen molar-refractivity contribution < 1.29 is 45.2 Å². The van der Waals surface area contributed by atoms with Gasteiger partial charge in [-0.05, 0) is 0 Å². The molecule has 108 valence electrons. The summed E-state index contributed by atoms with van der Waals surface area (Å²) in [6, 6.07) is 0. The fraction of sp³-hybridized carbons (Fsp3) is 1.00. The Kier molecular flexibility index (Phi) is 5.40. The van der Waals surface area contributed by atoms with Crippen molar-refractivity contribution in [1.29, 1.82) is 0 Å². The van der Waals surface area contributed by atoms with E-state index >= 15 is 0 Å². The van der Waals surface area contributed by atoms with Crippen LogP contribution < -0.4 is 0 Å². The zero-order valence-corrected chi connectivity index (χ0v) is 9.46. The van der Waals surface area contributed by atoms with Gasteiger partial charge in [0.2, 0.25) is 12.1 Å². The molecule has 1 rings (SSSR count). The summed E-state index contributed by atoms with van der Waals surface area (Å²) < 4.78 is 9.37. The van der Waals surface area contributed by atoms with Crippen LogP contribution in [0.1, 0.15) is 0 Å². The Labute approximate surface area is 102 Å². The Hall–Kier alpha value is -0.360. The highest BCUT2D eigenvalue weighted by molar-refractivity contribution is 4.94. The lowest BCUT2D eigenvalue weighted by molar-refractivity contribution is -0.410. The molecule has 0 radical (unpaired) electrons. The molecule has 1 aliphatic heterocycles. The Bertz CT molecular complexity index is 262. The first-order valence-corrected chi connectivity index (χ1v) is 5.32. The maximum atomic E-state index is 9.85. The highest BCUT2D eigenvalue weighted by Crippen LogP contribution is 2.29. The maximum absolute atomic E-state index is 9.85. The van der Waals surface area contributed by atoms with Crippen molar-refractivity contribution in [1.82, 2.24) is 0 Å². The number of ether oxygens (including phenoxy) is 2. The van der Waals surface area contributed by atoms with Gasteiger partial charge in [-0.25, -0.2) is 0 Å². The molecule has 18 heavy (non-hydrogen) atoms. The molecule has 9 nitrogen and oxygen atoms in total. The number of hydrogen-bond donors (Lipinski definition) is 7. The van der Waals surface area contributed by atoms with Gasteiger partial charge in [-0.2, -0.15) is 0 Å². The van der Waals surface area contributed by atoms with Crippen molar-refractivity contribution in [3.05, 3.63) is 0 Å². The fourth-order valence-corrected chi connectivity index (χ4v) is 1.53. The van der Waals surface area contributed by atoms with Crippen LogP contribution in [0.3, 0.4) is 0 Å². The van der Waals surface area contributed by atoms with E-state index in [2.05, 4.69) is 9.47 Å². The van der Waals surface area contributed by atoms with Crippen LogP contribution in [-0.4, -0.2) is 92.1 Å². The molecule has 0 bridgehead atoms. The SMILES string of the molecule is OCC(O)CO[C@]1(O)[C@@H](O)O[C@H](CO)[C@@H](O)[C@@H]1O. The van der Waals surface area contributed by atoms with Gasteiger partial charge >= 0.3 is 0 Å². The standard InChI is InChI=1S/C9H18O9/c10-1-4(12)3-17-9(16)7(14)6(13)5(2-11)18-8(9)15/h4-8,10-16H,1-3H2/t4?,5-,6-,7+,8+,9+/m1/s1. The van der Waals surface area contributed by atoms with Crippen LogP contribution in [0, 0.1) is 0 Å². The van der Waals surface area contributed by atoms with Crippen LogP contribution in [0.15, 0.2) is 0 Å². The van der Waals surface area contributed by atoms with E-state index in [1.807, 2.05) is 0 Å². The second-order valence-corrected chi connectivity index (χ2v) is 4.04. The third kappa shape index (κ3) is 2.96. The van der Waals surface area contributed by atoms with Crippen LogP contribution >= 0.6 is 0 Å². The summed E-state index contributed by atoms with van der Waals surface area (Å²) in [5, 5.41) is 64.9. The van der Waals surface area contributed by atoms with Crippen LogP contribution in [0.4, 0.5) is 0 Å². The molecule has 1 aliphatic rings. The fourth-order valence-electron chi connectivity index (χ4n) is 1.53. The van der Waals surface area contributed by atoms with E-state index in [0.29, 0.717) is 0 Å². The molecule has 6 atom stereocenters. The largest absolute Gasteiger partial charge is 0.394 e. The van der Waals surface area contributed by atoms with Gasteiger partial charge in [-0.1, -0.05) is 0 Å². The number of rotatable bonds is 5. The van der Waals surface area contributed by atoms with Crippen LogP contribution in [0.25, 0.3) is 0 Å². The van der Waals surface area contributed by atoms with Crippen LogP contribution in [0.5, 0.6) is 0 Å². The molecule has 1 heterocycles. The average Bonchev–Trinajstić information content (AvgIpc) is 2.38. The number of aliphatic hydroxyl groups is 7. The average molecular weight is 270 g/mol. The van der Waals surface area contributed by atoms with Crippen LogP contribution in [-0.2, 0) is 9.47 Å². The summed E-state index contributed by atoms with van der Waals surface area (Å²) in [5.74, 6) is -2.67. The monoisotopic (exact) mass is 270 g/mol. The first-order chi connectivity index (χ1) is 8.36. The van der Waals surface area contributed by atoms with Gasteiger partial charge in [0.1, 0.15) is 24.4 Å². The van der Waals surface area contributed by atoms with Gasteiger partial charge in [-0.15, -0.1) is 0 Å². The predicted octanol–water partition coefficient (Wildman–Crippen LogP) is -4.52. The van der Waals surface area contributed by atoms with Gasteiger partial charge in [0.05, 0.1) is 19.8 Å². The van der Waals surface area contributed by atoms with E-state index in [0.717, 1.165) is 0 Å². The number of aliphatic hydroxyl groups excluding tert-OH is 6. The van der Waals surface area contributed by atoms with Crippen molar-refractivity contribution >= 4 is 0 Å². The summed E-state index contributed by atoms with van der Waals surface area (Å²) in [4.78, 5) is 0. The summed E-state index contributed by atoms with van der Waals surface area (Å²) in [7, 11) is 0. The third-order valence-electron chi connectivity index (χ3n) is 2.68. The molecule has 0 amide bonds. The van der Waals surface area contributed by atoms with Gasteiger partial charge in [0, 0.05) is 0 Å². The smallest absolute Gasteiger partial charge is 0.247 e. The minimum atomic E-state index is -2.67. The maximum Gasteiger partial charge on any atom is 0.247 e. The van der Waals surface area contributed by atoms with Crippen molar-refractivity contribution in [3.8, 4) is 0 Å². The van der Waals surface area contributed by atoms with E-state index in [-0.39, 0.29) is 0 Å². The highest BCUT2D eigenvalue weighted by Gasteiger charge is 2.55. The molecule has 0 saturated carbocycles. The normalized spacial score (nSPS) is 42.8. The summed E-state index contributed by atoms with van der Waals surface area (Å²) >= 11 is 0. The van der Waals surface area contributed by atoms with E-state index in [9.17, 15) is 20.4 Å². The third-order valence-corrected chi connectivity index (χ3v) is 2.68. The Morgan fingerprint density at radius 2 is 1.83 bits per heavy atom. The summed E-state index contributed by atoms with van der Waals surface area (Å²) in [5.41, 5.74) is 0. The van der Waals surface area contributed by atoms with Crippen LogP contribution in [0.2, 0.25) is 0 Å². The quantitative estimate of drug-likeness (QED) is 0.244. The van der Waals surface area contributed by atoms with Crippen molar-refractivity contribution in [2.45, 2.75) is 36.5 Å². The molecule has 9 heteroatoms. The molecule has 0 aromatic rings. The first-order valence-electron chi connectivity index (χ1n) is 5.32. The topological polar surface area (TPSA) is 160 Å². The van der Waals surface area contributed by atoms with E-state index in [1.165, 1.54) is 0 Å². The van der Waals surface area contributed by atoms with E-state index in [4.69, 9.17) is 15.3 Å². The van der Waals surface area contributed by atoms with Crippen molar-refractivity contribution in [3.63, 3.8) is 0 Å². The Morgan fingerprint density at radius 1 is 1.22 bits per heavy atom. The number of hydrogen-bond acceptors (Lipinski definition) is 9. The van der Waals surface area contributed by atoms with Gasteiger partial charge in [-0.3, -0.25) is 0 Å². The molecular weight excluding hydrogens is 252 g/mol. The summed E-state index contributed by atoms with van der Waals surface area (Å²) in [6.07, 6.45) is -8.28. The molecule has 0 aliphatic carbocycles. The molecule has 1 unspecified atom stereocenters. The minimum absolute atomic E-state index is 0.596. The lowest BCUT2D eigenvalue weighted by atomic mass is 9.96. The highest BCUT2D eigenvalue weighted by atomic mass is 16.7.